The molecule has 100 valence electrons. The van der Waals surface area contributed by atoms with Crippen LogP contribution in [0, 0.1) is 5.41 Å². The first-order valence-electron chi connectivity index (χ1n) is 6.05. The molecule has 0 aromatic carbocycles. The van der Waals surface area contributed by atoms with E-state index in [1.807, 2.05) is 6.92 Å². The first-order valence-corrected chi connectivity index (χ1v) is 6.58. The number of nitrogens with one attached hydrogen (secondary N) is 2. The van der Waals surface area contributed by atoms with Gasteiger partial charge in [0.1, 0.15) is 0 Å². The first-order chi connectivity index (χ1) is 7.94. The van der Waals surface area contributed by atoms with Crippen molar-refractivity contribution < 1.29 is 9.59 Å². The Morgan fingerprint density at radius 2 is 1.76 bits per heavy atom. The van der Waals surface area contributed by atoms with Crippen molar-refractivity contribution in [3.63, 3.8) is 0 Å². The molecular formula is C12H23ClN2O2. The highest BCUT2D eigenvalue weighted by Gasteiger charge is 2.25. The number of amides is 2. The Bertz CT molecular complexity index is 255. The van der Waals surface area contributed by atoms with Gasteiger partial charge in [-0.1, -0.05) is 13.3 Å². The summed E-state index contributed by atoms with van der Waals surface area (Å²) in [4.78, 5) is 22.9. The number of unbranched alkanes of at least 4 members (excludes halogenated alkanes) is 1. The van der Waals surface area contributed by atoms with Crippen molar-refractivity contribution in [3.8, 4) is 0 Å². The van der Waals surface area contributed by atoms with E-state index in [1.165, 1.54) is 0 Å². The lowest BCUT2D eigenvalue weighted by atomic mass is 9.95. The van der Waals surface area contributed by atoms with E-state index >= 15 is 0 Å². The second kappa shape index (κ2) is 8.34. The molecule has 2 amide bonds. The normalized spacial score (nSPS) is 11.1. The van der Waals surface area contributed by atoms with Crippen molar-refractivity contribution in [1.82, 2.24) is 10.6 Å². The van der Waals surface area contributed by atoms with Crippen molar-refractivity contribution in [2.75, 3.05) is 19.0 Å². The van der Waals surface area contributed by atoms with Gasteiger partial charge in [0.05, 0.1) is 5.41 Å². The quantitative estimate of drug-likeness (QED) is 0.516. The Morgan fingerprint density at radius 1 is 1.18 bits per heavy atom. The van der Waals surface area contributed by atoms with Crippen LogP contribution < -0.4 is 10.6 Å². The van der Waals surface area contributed by atoms with Crippen molar-refractivity contribution in [3.05, 3.63) is 0 Å². The predicted octanol–water partition coefficient (Wildman–Crippen LogP) is 1.67. The molecule has 5 heteroatoms. The van der Waals surface area contributed by atoms with Crippen LogP contribution in [0.15, 0.2) is 0 Å². The fourth-order valence-corrected chi connectivity index (χ4v) is 1.23. The van der Waals surface area contributed by atoms with Gasteiger partial charge in [-0.2, -0.15) is 0 Å². The number of carbonyl (C=O) groups excluding carboxylic acids is 2. The van der Waals surface area contributed by atoms with Crippen molar-refractivity contribution in [1.29, 1.82) is 0 Å². The van der Waals surface area contributed by atoms with Crippen LogP contribution in [0.5, 0.6) is 0 Å². The van der Waals surface area contributed by atoms with Crippen LogP contribution in [0.1, 0.15) is 40.0 Å². The smallest absolute Gasteiger partial charge is 0.226 e. The molecule has 0 spiro atoms. The number of hydrogen-bond acceptors (Lipinski definition) is 2. The molecular weight excluding hydrogens is 240 g/mol. The molecule has 17 heavy (non-hydrogen) atoms. The highest BCUT2D eigenvalue weighted by molar-refractivity contribution is 6.19. The average Bonchev–Trinajstić information content (AvgIpc) is 2.31. The van der Waals surface area contributed by atoms with Crippen LogP contribution in [0.2, 0.25) is 0 Å². The molecule has 0 saturated heterocycles. The van der Waals surface area contributed by atoms with Crippen molar-refractivity contribution in [2.24, 2.45) is 5.41 Å². The summed E-state index contributed by atoms with van der Waals surface area (Å²) in [5, 5.41) is 5.50. The van der Waals surface area contributed by atoms with Gasteiger partial charge in [0.25, 0.3) is 0 Å². The zero-order chi connectivity index (χ0) is 13.3. The maximum Gasteiger partial charge on any atom is 0.226 e. The van der Waals surface area contributed by atoms with Gasteiger partial charge in [0.15, 0.2) is 0 Å². The number of alkyl halides is 1. The summed E-state index contributed by atoms with van der Waals surface area (Å²) >= 11 is 5.68. The zero-order valence-corrected chi connectivity index (χ0v) is 11.7. The number of halogens is 1. The van der Waals surface area contributed by atoms with E-state index in [0.717, 1.165) is 12.8 Å². The average molecular weight is 263 g/mol. The minimum atomic E-state index is -0.562. The van der Waals surface area contributed by atoms with Gasteiger partial charge in [-0.3, -0.25) is 9.59 Å². The zero-order valence-electron chi connectivity index (χ0n) is 10.9. The van der Waals surface area contributed by atoms with Gasteiger partial charge in [0.2, 0.25) is 11.8 Å². The van der Waals surface area contributed by atoms with Gasteiger partial charge >= 0.3 is 0 Å². The molecule has 0 radical (unpaired) electrons. The highest BCUT2D eigenvalue weighted by Crippen LogP contribution is 2.16. The lowest BCUT2D eigenvalue weighted by molar-refractivity contribution is -0.128. The van der Waals surface area contributed by atoms with Crippen molar-refractivity contribution >= 4 is 23.4 Å². The van der Waals surface area contributed by atoms with E-state index in [0.29, 0.717) is 19.5 Å². The molecule has 0 unspecified atom stereocenters. The van der Waals surface area contributed by atoms with Crippen LogP contribution in [0.3, 0.4) is 0 Å². The molecule has 0 aliphatic carbocycles. The molecule has 0 aliphatic heterocycles. The summed E-state index contributed by atoms with van der Waals surface area (Å²) in [6.07, 6.45) is 2.46. The molecule has 0 fully saturated rings. The third kappa shape index (κ3) is 7.21. The monoisotopic (exact) mass is 262 g/mol. The van der Waals surface area contributed by atoms with E-state index in [1.54, 1.807) is 13.8 Å². The molecule has 0 aromatic heterocycles. The van der Waals surface area contributed by atoms with Gasteiger partial charge in [0, 0.05) is 25.4 Å². The predicted molar refractivity (Wildman–Crippen MR) is 70.0 cm³/mol. The molecule has 0 rings (SSSR count). The summed E-state index contributed by atoms with van der Waals surface area (Å²) in [5.74, 6) is 0.231. The summed E-state index contributed by atoms with van der Waals surface area (Å²) in [6, 6.07) is 0. The first kappa shape index (κ1) is 16.2. The fraction of sp³-hybridized carbons (Fsp3) is 0.833. The summed E-state index contributed by atoms with van der Waals surface area (Å²) < 4.78 is 0. The van der Waals surface area contributed by atoms with E-state index in [4.69, 9.17) is 11.6 Å². The van der Waals surface area contributed by atoms with E-state index < -0.39 is 5.41 Å². The Kier molecular flexibility index (Phi) is 7.96. The van der Waals surface area contributed by atoms with Gasteiger partial charge in [-0.15, -0.1) is 11.6 Å². The van der Waals surface area contributed by atoms with Gasteiger partial charge < -0.3 is 10.6 Å². The van der Waals surface area contributed by atoms with Crippen LogP contribution in [-0.4, -0.2) is 30.8 Å². The van der Waals surface area contributed by atoms with E-state index in [-0.39, 0.29) is 17.7 Å². The molecule has 2 N–H and O–H groups in total. The maximum atomic E-state index is 11.6. The second-order valence-electron chi connectivity index (χ2n) is 4.73. The third-order valence-corrected chi connectivity index (χ3v) is 3.11. The molecule has 0 bridgehead atoms. The molecule has 0 aliphatic rings. The summed E-state index contributed by atoms with van der Waals surface area (Å²) in [5.41, 5.74) is -0.562. The fourth-order valence-electron chi connectivity index (χ4n) is 1.10. The van der Waals surface area contributed by atoms with Gasteiger partial charge in [-0.25, -0.2) is 0 Å². The molecule has 0 heterocycles. The van der Waals surface area contributed by atoms with Gasteiger partial charge in [-0.05, 0) is 20.3 Å². The Balaban J connectivity index is 3.65. The number of carbonyl (C=O) groups is 2. The minimum absolute atomic E-state index is 0.0395. The molecule has 0 aromatic rings. The standard InChI is InChI=1S/C12H23ClN2O2/c1-4-5-6-10(16)14-7-8-15-11(17)12(2,3)9-13/h4-9H2,1-3H3,(H,14,16)(H,15,17). The largest absolute Gasteiger partial charge is 0.354 e. The lowest BCUT2D eigenvalue weighted by Gasteiger charge is -2.20. The van der Waals surface area contributed by atoms with Crippen LogP contribution in [0.25, 0.3) is 0 Å². The van der Waals surface area contributed by atoms with Crippen molar-refractivity contribution in [2.45, 2.75) is 40.0 Å². The molecule has 0 saturated carbocycles. The topological polar surface area (TPSA) is 58.2 Å². The lowest BCUT2D eigenvalue weighted by Crippen LogP contribution is -2.41. The maximum absolute atomic E-state index is 11.6. The Morgan fingerprint density at radius 3 is 2.29 bits per heavy atom. The van der Waals surface area contributed by atoms with E-state index in [9.17, 15) is 9.59 Å². The number of hydrogen-bond donors (Lipinski definition) is 2. The van der Waals surface area contributed by atoms with Crippen LogP contribution in [-0.2, 0) is 9.59 Å². The third-order valence-electron chi connectivity index (χ3n) is 2.44. The summed E-state index contributed by atoms with van der Waals surface area (Å²) in [6.45, 7) is 6.52. The summed E-state index contributed by atoms with van der Waals surface area (Å²) in [7, 11) is 0. The SMILES string of the molecule is CCCCC(=O)NCCNC(=O)C(C)(C)CCl. The van der Waals surface area contributed by atoms with Crippen LogP contribution in [0.4, 0.5) is 0 Å². The molecule has 4 nitrogen and oxygen atoms in total. The van der Waals surface area contributed by atoms with Crippen LogP contribution >= 0.6 is 11.6 Å². The molecule has 0 atom stereocenters. The second-order valence-corrected chi connectivity index (χ2v) is 4.99. The number of rotatable bonds is 8. The Hall–Kier alpha value is -0.770. The highest BCUT2D eigenvalue weighted by atomic mass is 35.5. The Labute approximate surface area is 108 Å². The minimum Gasteiger partial charge on any atom is -0.354 e. The van der Waals surface area contributed by atoms with E-state index in [2.05, 4.69) is 10.6 Å².